The lowest BCUT2D eigenvalue weighted by Gasteiger charge is -2.05. The highest BCUT2D eigenvalue weighted by Gasteiger charge is 2.25. The molecule has 3 N–H and O–H groups in total. The number of rotatable bonds is 1. The van der Waals surface area contributed by atoms with Crippen molar-refractivity contribution in [2.75, 3.05) is 6.61 Å². The number of hydrogen-bond donors (Lipinski definition) is 2. The number of aliphatic hydroxyl groups is 1. The normalized spacial score (nSPS) is 18.2. The third-order valence-electron chi connectivity index (χ3n) is 3.23. The number of hydrogen-bond acceptors (Lipinski definition) is 1. The van der Waals surface area contributed by atoms with Crippen LogP contribution in [0.2, 0.25) is 0 Å². The molecular formula is C13H14ClNO. The molecule has 0 saturated heterocycles. The highest BCUT2D eigenvalue weighted by molar-refractivity contribution is 5.84. The summed E-state index contributed by atoms with van der Waals surface area (Å²) in [5.41, 5.74) is 2.67. The van der Waals surface area contributed by atoms with Crippen LogP contribution in [0.3, 0.4) is 0 Å². The zero-order valence-electron chi connectivity index (χ0n) is 8.86. The van der Waals surface area contributed by atoms with Crippen molar-refractivity contribution < 1.29 is 22.8 Å². The molecule has 3 rings (SSSR count). The summed E-state index contributed by atoms with van der Waals surface area (Å²) in [6.45, 7) is 1.22. The molecular weight excluding hydrogens is 222 g/mol. The van der Waals surface area contributed by atoms with Gasteiger partial charge in [-0.1, -0.05) is 24.3 Å². The maximum atomic E-state index is 9.25. The van der Waals surface area contributed by atoms with Gasteiger partial charge in [0.05, 0.1) is 6.61 Å². The van der Waals surface area contributed by atoms with Crippen LogP contribution >= 0.6 is 0 Å². The quantitative estimate of drug-likeness (QED) is 0.587. The summed E-state index contributed by atoms with van der Waals surface area (Å²) in [6, 6.07) is 13.1. The maximum absolute atomic E-state index is 9.25. The van der Waals surface area contributed by atoms with Gasteiger partial charge >= 0.3 is 0 Å². The van der Waals surface area contributed by atoms with E-state index in [1.165, 1.54) is 21.9 Å². The second-order valence-corrected chi connectivity index (χ2v) is 4.13. The first-order chi connectivity index (χ1) is 7.38. The van der Waals surface area contributed by atoms with Gasteiger partial charge in [0.2, 0.25) is 0 Å². The topological polar surface area (TPSA) is 36.8 Å². The van der Waals surface area contributed by atoms with E-state index in [9.17, 15) is 5.11 Å². The number of fused-ring (bicyclic) bond motifs is 2. The average Bonchev–Trinajstić information content (AvgIpc) is 2.68. The molecule has 2 aromatic rings. The summed E-state index contributed by atoms with van der Waals surface area (Å²) in [7, 11) is 0. The molecule has 0 amide bonds. The Balaban J connectivity index is 0.000000963. The van der Waals surface area contributed by atoms with Crippen molar-refractivity contribution in [2.24, 2.45) is 0 Å². The summed E-state index contributed by atoms with van der Waals surface area (Å²) < 4.78 is 0. The van der Waals surface area contributed by atoms with E-state index < -0.39 is 0 Å². The van der Waals surface area contributed by atoms with Crippen LogP contribution in [-0.4, -0.2) is 11.7 Å². The molecule has 1 aliphatic rings. The fourth-order valence-electron chi connectivity index (χ4n) is 2.40. The van der Waals surface area contributed by atoms with Crippen LogP contribution in [0.4, 0.5) is 0 Å². The standard InChI is InChI=1S/C13H13NO.ClH/c15-8-13-12-6-10-4-2-1-3-9(10)5-11(12)7-14-13;/h1-6,13-15H,7-8H2;1H. The Bertz CT molecular complexity index is 512. The van der Waals surface area contributed by atoms with Crippen LogP contribution in [0.5, 0.6) is 0 Å². The van der Waals surface area contributed by atoms with Crippen molar-refractivity contribution in [1.82, 2.24) is 0 Å². The minimum absolute atomic E-state index is 0. The number of halogens is 1. The van der Waals surface area contributed by atoms with Gasteiger partial charge in [-0.05, 0) is 22.9 Å². The van der Waals surface area contributed by atoms with E-state index in [1.807, 2.05) is 0 Å². The van der Waals surface area contributed by atoms with Gasteiger partial charge in [0, 0.05) is 11.1 Å². The van der Waals surface area contributed by atoms with Crippen molar-refractivity contribution in [1.29, 1.82) is 0 Å². The molecule has 1 atom stereocenters. The third-order valence-corrected chi connectivity index (χ3v) is 3.23. The lowest BCUT2D eigenvalue weighted by molar-refractivity contribution is -0.702. The van der Waals surface area contributed by atoms with Gasteiger partial charge in [0.25, 0.3) is 0 Å². The maximum Gasteiger partial charge on any atom is 0.136 e. The van der Waals surface area contributed by atoms with E-state index in [1.54, 1.807) is 0 Å². The number of aliphatic hydroxyl groups excluding tert-OH is 1. The summed E-state index contributed by atoms with van der Waals surface area (Å²) >= 11 is 0. The highest BCUT2D eigenvalue weighted by Crippen LogP contribution is 2.25. The molecule has 1 unspecified atom stereocenters. The lowest BCUT2D eigenvalue weighted by atomic mass is 10.00. The van der Waals surface area contributed by atoms with Crippen molar-refractivity contribution in [3.05, 3.63) is 47.5 Å². The minimum atomic E-state index is 0. The molecule has 1 heterocycles. The summed E-state index contributed by atoms with van der Waals surface area (Å²) in [5.74, 6) is 0. The highest BCUT2D eigenvalue weighted by atomic mass is 35.5. The van der Waals surface area contributed by atoms with E-state index >= 15 is 0 Å². The summed E-state index contributed by atoms with van der Waals surface area (Å²) in [6.07, 6.45) is 0. The summed E-state index contributed by atoms with van der Waals surface area (Å²) in [5, 5.41) is 14.0. The van der Waals surface area contributed by atoms with E-state index in [0.29, 0.717) is 0 Å². The van der Waals surface area contributed by atoms with Gasteiger partial charge in [0.15, 0.2) is 0 Å². The molecule has 0 radical (unpaired) electrons. The molecule has 0 bridgehead atoms. The zero-order chi connectivity index (χ0) is 10.3. The molecule has 2 aromatic carbocycles. The SMILES string of the molecule is OCC1[NH2+]Cc2cc3ccccc3cc21.[Cl-]. The van der Waals surface area contributed by atoms with Crippen LogP contribution < -0.4 is 17.7 Å². The molecule has 0 saturated carbocycles. The van der Waals surface area contributed by atoms with Crippen molar-refractivity contribution in [2.45, 2.75) is 12.6 Å². The summed E-state index contributed by atoms with van der Waals surface area (Å²) in [4.78, 5) is 0. The van der Waals surface area contributed by atoms with Crippen LogP contribution in [0, 0.1) is 0 Å². The van der Waals surface area contributed by atoms with Crippen LogP contribution in [0.15, 0.2) is 36.4 Å². The van der Waals surface area contributed by atoms with Crippen LogP contribution in [0.25, 0.3) is 10.8 Å². The molecule has 84 valence electrons. The average molecular weight is 236 g/mol. The van der Waals surface area contributed by atoms with E-state index in [4.69, 9.17) is 0 Å². The Morgan fingerprint density at radius 1 is 1.19 bits per heavy atom. The molecule has 3 heteroatoms. The van der Waals surface area contributed by atoms with Gasteiger partial charge in [-0.2, -0.15) is 0 Å². The van der Waals surface area contributed by atoms with Crippen LogP contribution in [-0.2, 0) is 6.54 Å². The monoisotopic (exact) mass is 235 g/mol. The van der Waals surface area contributed by atoms with Gasteiger partial charge in [-0.25, -0.2) is 0 Å². The molecule has 2 nitrogen and oxygen atoms in total. The second kappa shape index (κ2) is 4.42. The Morgan fingerprint density at radius 3 is 2.56 bits per heavy atom. The molecule has 0 aliphatic carbocycles. The zero-order valence-corrected chi connectivity index (χ0v) is 9.61. The lowest BCUT2D eigenvalue weighted by Crippen LogP contribution is -3.00. The predicted octanol–water partition coefficient (Wildman–Crippen LogP) is -2.05. The molecule has 0 aromatic heterocycles. The molecule has 16 heavy (non-hydrogen) atoms. The Hall–Kier alpha value is -1.09. The fraction of sp³-hybridized carbons (Fsp3) is 0.231. The van der Waals surface area contributed by atoms with Gasteiger partial charge in [-0.15, -0.1) is 0 Å². The Morgan fingerprint density at radius 2 is 1.88 bits per heavy atom. The first kappa shape index (κ1) is 11.4. The number of quaternary nitrogens is 1. The largest absolute Gasteiger partial charge is 1.00 e. The first-order valence-electron chi connectivity index (χ1n) is 5.34. The predicted molar refractivity (Wildman–Crippen MR) is 59.4 cm³/mol. The molecule has 1 aliphatic heterocycles. The van der Waals surface area contributed by atoms with E-state index in [0.717, 1.165) is 6.54 Å². The smallest absolute Gasteiger partial charge is 0.136 e. The van der Waals surface area contributed by atoms with E-state index in [2.05, 4.69) is 41.7 Å². The first-order valence-corrected chi connectivity index (χ1v) is 5.34. The van der Waals surface area contributed by atoms with Crippen molar-refractivity contribution >= 4 is 10.8 Å². The van der Waals surface area contributed by atoms with Gasteiger partial charge < -0.3 is 22.8 Å². The van der Waals surface area contributed by atoms with Gasteiger partial charge in [-0.3, -0.25) is 0 Å². The number of benzene rings is 2. The number of nitrogens with two attached hydrogens (primary N) is 1. The minimum Gasteiger partial charge on any atom is -1.00 e. The Kier molecular flexibility index (Phi) is 3.15. The fourth-order valence-corrected chi connectivity index (χ4v) is 2.40. The van der Waals surface area contributed by atoms with Crippen molar-refractivity contribution in [3.8, 4) is 0 Å². The van der Waals surface area contributed by atoms with E-state index in [-0.39, 0.29) is 25.1 Å². The van der Waals surface area contributed by atoms with Crippen LogP contribution in [0.1, 0.15) is 17.2 Å². The van der Waals surface area contributed by atoms with Gasteiger partial charge in [0.1, 0.15) is 12.6 Å². The second-order valence-electron chi connectivity index (χ2n) is 4.13. The molecule has 0 fully saturated rings. The molecule has 0 spiro atoms. The Labute approximate surface area is 101 Å². The third kappa shape index (κ3) is 1.69. The van der Waals surface area contributed by atoms with Crippen molar-refractivity contribution in [3.63, 3.8) is 0 Å².